The maximum atomic E-state index is 13.3. The number of hydrogen-bond donors (Lipinski definition) is 3. The molecule has 1 aromatic rings. The Bertz CT molecular complexity index is 550. The second kappa shape index (κ2) is 6.96. The number of urea groups is 1. The molecular weight excluding hydrogens is 289 g/mol. The molecule has 0 spiro atoms. The van der Waals surface area contributed by atoms with E-state index in [0.29, 0.717) is 6.07 Å². The summed E-state index contributed by atoms with van der Waals surface area (Å²) in [4.78, 5) is 22.6. The van der Waals surface area contributed by atoms with Gasteiger partial charge in [-0.25, -0.2) is 22.8 Å². The fraction of sp³-hybridized carbons (Fsp3) is 0.385. The Morgan fingerprint density at radius 3 is 2.24 bits per heavy atom. The van der Waals surface area contributed by atoms with E-state index in [0.717, 1.165) is 0 Å². The van der Waals surface area contributed by atoms with Gasteiger partial charge in [0.15, 0.2) is 11.6 Å². The smallest absolute Gasteiger partial charge is 0.326 e. The van der Waals surface area contributed by atoms with Crippen LogP contribution in [0.3, 0.4) is 0 Å². The highest BCUT2D eigenvalue weighted by Gasteiger charge is 2.22. The number of hydrogen-bond acceptors (Lipinski definition) is 2. The number of aliphatic carboxylic acids is 1. The predicted molar refractivity (Wildman–Crippen MR) is 69.3 cm³/mol. The van der Waals surface area contributed by atoms with E-state index in [4.69, 9.17) is 5.11 Å². The molecule has 1 aromatic carbocycles. The number of rotatable bonds is 5. The van der Waals surface area contributed by atoms with E-state index in [1.165, 1.54) is 0 Å². The number of anilines is 1. The lowest BCUT2D eigenvalue weighted by Crippen LogP contribution is -2.43. The molecule has 0 aliphatic carbocycles. The molecule has 116 valence electrons. The molecule has 0 heterocycles. The van der Waals surface area contributed by atoms with Crippen LogP contribution >= 0.6 is 0 Å². The van der Waals surface area contributed by atoms with Gasteiger partial charge in [-0.1, -0.05) is 13.8 Å². The number of carbonyl (C=O) groups excluding carboxylic acids is 1. The highest BCUT2D eigenvalue weighted by atomic mass is 19.2. The highest BCUT2D eigenvalue weighted by Crippen LogP contribution is 2.18. The van der Waals surface area contributed by atoms with Crippen molar-refractivity contribution in [3.8, 4) is 0 Å². The van der Waals surface area contributed by atoms with E-state index in [1.54, 1.807) is 13.8 Å². The van der Waals surface area contributed by atoms with Crippen LogP contribution in [0.15, 0.2) is 12.1 Å². The lowest BCUT2D eigenvalue weighted by atomic mass is 10.0. The maximum absolute atomic E-state index is 13.3. The summed E-state index contributed by atoms with van der Waals surface area (Å²) < 4.78 is 39.0. The monoisotopic (exact) mass is 304 g/mol. The first kappa shape index (κ1) is 16.8. The molecule has 3 N–H and O–H groups in total. The molecule has 0 aromatic heterocycles. The van der Waals surface area contributed by atoms with Gasteiger partial charge >= 0.3 is 12.0 Å². The molecule has 1 atom stereocenters. The minimum absolute atomic E-state index is 0.00593. The topological polar surface area (TPSA) is 78.4 Å². The Balaban J connectivity index is 2.77. The number of amides is 2. The zero-order valence-corrected chi connectivity index (χ0v) is 11.4. The molecule has 0 saturated heterocycles. The number of benzene rings is 1. The summed E-state index contributed by atoms with van der Waals surface area (Å²) in [6, 6.07) is -1.43. The quantitative estimate of drug-likeness (QED) is 0.732. The van der Waals surface area contributed by atoms with Gasteiger partial charge in [-0.3, -0.25) is 0 Å². The van der Waals surface area contributed by atoms with E-state index < -0.39 is 41.2 Å². The third-order valence-electron chi connectivity index (χ3n) is 2.57. The minimum atomic E-state index is -1.39. The Kier molecular flexibility index (Phi) is 5.57. The Morgan fingerprint density at radius 1 is 1.14 bits per heavy atom. The molecule has 8 heteroatoms. The predicted octanol–water partition coefficient (Wildman–Crippen LogP) is 2.72. The first-order chi connectivity index (χ1) is 9.70. The van der Waals surface area contributed by atoms with Gasteiger partial charge < -0.3 is 15.7 Å². The molecule has 0 aliphatic rings. The van der Waals surface area contributed by atoms with Gasteiger partial charge in [-0.05, 0) is 12.3 Å². The summed E-state index contributed by atoms with van der Waals surface area (Å²) in [6.45, 7) is 3.54. The zero-order chi connectivity index (χ0) is 16.2. The fourth-order valence-electron chi connectivity index (χ4n) is 1.63. The van der Waals surface area contributed by atoms with Crippen molar-refractivity contribution in [1.82, 2.24) is 5.32 Å². The Hall–Kier alpha value is -2.25. The standard InChI is InChI=1S/C13H15F3N2O3/c1-6(2)3-11(12(19)20)18-13(21)17-10-5-8(15)7(14)4-9(10)16/h4-6,11H,3H2,1-2H3,(H,19,20)(H2,17,18,21). The Morgan fingerprint density at radius 2 is 1.71 bits per heavy atom. The van der Waals surface area contributed by atoms with Gasteiger partial charge in [-0.2, -0.15) is 0 Å². The summed E-state index contributed by atoms with van der Waals surface area (Å²) in [5, 5.41) is 13.0. The molecule has 21 heavy (non-hydrogen) atoms. The van der Waals surface area contributed by atoms with Crippen molar-refractivity contribution in [3.05, 3.63) is 29.6 Å². The fourth-order valence-corrected chi connectivity index (χ4v) is 1.63. The van der Waals surface area contributed by atoms with Crippen LogP contribution in [-0.4, -0.2) is 23.1 Å². The molecule has 0 bridgehead atoms. The van der Waals surface area contributed by atoms with E-state index >= 15 is 0 Å². The van der Waals surface area contributed by atoms with E-state index in [9.17, 15) is 22.8 Å². The number of halogens is 3. The summed E-state index contributed by atoms with van der Waals surface area (Å²) in [6.07, 6.45) is 0.170. The first-order valence-electron chi connectivity index (χ1n) is 6.15. The van der Waals surface area contributed by atoms with E-state index in [1.807, 2.05) is 5.32 Å². The normalized spacial score (nSPS) is 12.1. The van der Waals surface area contributed by atoms with Gasteiger partial charge in [0.2, 0.25) is 0 Å². The third kappa shape index (κ3) is 4.97. The molecular formula is C13H15F3N2O3. The van der Waals surface area contributed by atoms with E-state index in [-0.39, 0.29) is 18.4 Å². The van der Waals surface area contributed by atoms with Gasteiger partial charge in [0.25, 0.3) is 0 Å². The molecule has 5 nitrogen and oxygen atoms in total. The van der Waals surface area contributed by atoms with Crippen LogP contribution in [0.25, 0.3) is 0 Å². The van der Waals surface area contributed by atoms with Crippen LogP contribution in [0.2, 0.25) is 0 Å². The lowest BCUT2D eigenvalue weighted by Gasteiger charge is -2.17. The van der Waals surface area contributed by atoms with Crippen molar-refractivity contribution in [1.29, 1.82) is 0 Å². The van der Waals surface area contributed by atoms with Gasteiger partial charge in [0, 0.05) is 12.1 Å². The summed E-state index contributed by atoms with van der Waals surface area (Å²) in [5.41, 5.74) is -0.583. The average molecular weight is 304 g/mol. The van der Waals surface area contributed by atoms with Gasteiger partial charge in [0.1, 0.15) is 11.9 Å². The second-order valence-corrected chi connectivity index (χ2v) is 4.86. The summed E-state index contributed by atoms with van der Waals surface area (Å²) in [7, 11) is 0. The zero-order valence-electron chi connectivity index (χ0n) is 11.4. The van der Waals surface area contributed by atoms with Gasteiger partial charge in [0.05, 0.1) is 5.69 Å². The van der Waals surface area contributed by atoms with Crippen LogP contribution in [0.5, 0.6) is 0 Å². The number of carboxylic acids is 1. The molecule has 0 saturated carbocycles. The molecule has 0 fully saturated rings. The number of carbonyl (C=O) groups is 2. The molecule has 1 unspecified atom stereocenters. The summed E-state index contributed by atoms with van der Waals surface area (Å²) in [5.74, 6) is -5.12. The van der Waals surface area contributed by atoms with Crippen molar-refractivity contribution in [2.45, 2.75) is 26.3 Å². The second-order valence-electron chi connectivity index (χ2n) is 4.86. The van der Waals surface area contributed by atoms with Crippen molar-refractivity contribution >= 4 is 17.7 Å². The molecule has 1 rings (SSSR count). The lowest BCUT2D eigenvalue weighted by molar-refractivity contribution is -0.139. The molecule has 2 amide bonds. The van der Waals surface area contributed by atoms with Crippen LogP contribution in [0.1, 0.15) is 20.3 Å². The van der Waals surface area contributed by atoms with Crippen molar-refractivity contribution in [2.75, 3.05) is 5.32 Å². The van der Waals surface area contributed by atoms with Crippen molar-refractivity contribution in [3.63, 3.8) is 0 Å². The largest absolute Gasteiger partial charge is 0.480 e. The van der Waals surface area contributed by atoms with Crippen molar-refractivity contribution in [2.24, 2.45) is 5.92 Å². The van der Waals surface area contributed by atoms with Crippen molar-refractivity contribution < 1.29 is 27.9 Å². The maximum Gasteiger partial charge on any atom is 0.326 e. The van der Waals surface area contributed by atoms with Crippen LogP contribution in [0, 0.1) is 23.4 Å². The molecule has 0 radical (unpaired) electrons. The average Bonchev–Trinajstić information content (AvgIpc) is 2.34. The molecule has 0 aliphatic heterocycles. The first-order valence-corrected chi connectivity index (χ1v) is 6.15. The SMILES string of the molecule is CC(C)CC(NC(=O)Nc1cc(F)c(F)cc1F)C(=O)O. The van der Waals surface area contributed by atoms with E-state index in [2.05, 4.69) is 5.32 Å². The van der Waals surface area contributed by atoms with Gasteiger partial charge in [-0.15, -0.1) is 0 Å². The number of nitrogens with one attached hydrogen (secondary N) is 2. The van der Waals surface area contributed by atoms with Crippen LogP contribution in [-0.2, 0) is 4.79 Å². The van der Waals surface area contributed by atoms with Crippen LogP contribution < -0.4 is 10.6 Å². The highest BCUT2D eigenvalue weighted by molar-refractivity contribution is 5.92. The summed E-state index contributed by atoms with van der Waals surface area (Å²) >= 11 is 0. The Labute approximate surface area is 119 Å². The number of carboxylic acid groups (broad SMARTS) is 1. The van der Waals surface area contributed by atoms with Crippen LogP contribution in [0.4, 0.5) is 23.7 Å². The minimum Gasteiger partial charge on any atom is -0.480 e. The third-order valence-corrected chi connectivity index (χ3v) is 2.57.